The van der Waals surface area contributed by atoms with Gasteiger partial charge in [0.2, 0.25) is 0 Å². The first-order chi connectivity index (χ1) is 15.8. The minimum Gasteiger partial charge on any atom is -0.452 e. The molecule has 0 saturated carbocycles. The number of nitro groups is 1. The summed E-state index contributed by atoms with van der Waals surface area (Å²) in [6.45, 7) is 2.69. The van der Waals surface area contributed by atoms with Crippen LogP contribution in [0.5, 0.6) is 0 Å². The van der Waals surface area contributed by atoms with Gasteiger partial charge in [0.05, 0.1) is 29.7 Å². The minimum atomic E-state index is -0.871. The van der Waals surface area contributed by atoms with Crippen molar-refractivity contribution in [2.45, 2.75) is 19.4 Å². The molecule has 1 N–H and O–H groups in total. The number of carbonyl (C=O) groups is 3. The number of esters is 1. The van der Waals surface area contributed by atoms with Crippen LogP contribution < -0.4 is 10.2 Å². The van der Waals surface area contributed by atoms with Crippen molar-refractivity contribution < 1.29 is 28.8 Å². The normalized spacial score (nSPS) is 14.3. The van der Waals surface area contributed by atoms with E-state index in [1.165, 1.54) is 19.1 Å². The zero-order chi connectivity index (χ0) is 23.8. The van der Waals surface area contributed by atoms with E-state index in [1.54, 1.807) is 0 Å². The molecule has 2 aromatic rings. The van der Waals surface area contributed by atoms with Gasteiger partial charge < -0.3 is 19.7 Å². The third-order valence-corrected chi connectivity index (χ3v) is 5.20. The summed E-state index contributed by atoms with van der Waals surface area (Å²) in [6, 6.07) is 12.5. The van der Waals surface area contributed by atoms with Crippen LogP contribution in [0.2, 0.25) is 0 Å². The molecule has 0 bridgehead atoms. The summed E-state index contributed by atoms with van der Waals surface area (Å²) in [7, 11) is 0. The van der Waals surface area contributed by atoms with Crippen molar-refractivity contribution in [3.05, 3.63) is 69.8 Å². The van der Waals surface area contributed by atoms with E-state index in [0.29, 0.717) is 38.4 Å². The highest BCUT2D eigenvalue weighted by Gasteiger charge is 2.24. The van der Waals surface area contributed by atoms with Crippen LogP contribution in [0, 0.1) is 10.1 Å². The van der Waals surface area contributed by atoms with Crippen LogP contribution in [0.3, 0.4) is 0 Å². The Balaban J connectivity index is 1.61. The fourth-order valence-corrected chi connectivity index (χ4v) is 3.46. The molecule has 33 heavy (non-hydrogen) atoms. The summed E-state index contributed by atoms with van der Waals surface area (Å²) < 4.78 is 10.3. The Hall–Kier alpha value is -3.79. The highest BCUT2D eigenvalue weighted by Crippen LogP contribution is 2.30. The first-order valence-electron chi connectivity index (χ1n) is 10.5. The number of hydrogen-bond acceptors (Lipinski definition) is 8. The minimum absolute atomic E-state index is 0.0427. The maximum atomic E-state index is 12.4. The molecule has 1 saturated heterocycles. The predicted octanol–water partition coefficient (Wildman–Crippen LogP) is 1.90. The van der Waals surface area contributed by atoms with Crippen LogP contribution in [0.15, 0.2) is 48.5 Å². The Morgan fingerprint density at radius 2 is 1.85 bits per heavy atom. The summed E-state index contributed by atoms with van der Waals surface area (Å²) in [5.41, 5.74) is 1.000. The number of hydrogen-bond donors (Lipinski definition) is 1. The van der Waals surface area contributed by atoms with Crippen LogP contribution in [0.1, 0.15) is 22.8 Å². The summed E-state index contributed by atoms with van der Waals surface area (Å²) in [5.74, 6) is -1.74. The number of anilines is 1. The predicted molar refractivity (Wildman–Crippen MR) is 119 cm³/mol. The Bertz CT molecular complexity index is 1020. The molecule has 2 aromatic carbocycles. The zero-order valence-corrected chi connectivity index (χ0v) is 18.2. The van der Waals surface area contributed by atoms with Gasteiger partial charge in [0.1, 0.15) is 5.69 Å². The van der Waals surface area contributed by atoms with Crippen molar-refractivity contribution in [1.29, 1.82) is 0 Å². The lowest BCUT2D eigenvalue weighted by Crippen LogP contribution is -2.43. The van der Waals surface area contributed by atoms with E-state index in [0.717, 1.165) is 11.6 Å². The standard InChI is InChI=1S/C23H25N3O7/c1-16(27)19(13-17-5-3-2-4-6-17)24-22(28)15-33-23(29)18-7-8-20(21(14-18)26(30)31)25-9-11-32-12-10-25/h2-8,14,19H,9-13,15H2,1H3,(H,24,28)/t19-/m1/s1. The smallest absolute Gasteiger partial charge is 0.338 e. The molecule has 1 heterocycles. The van der Waals surface area contributed by atoms with Crippen molar-refractivity contribution in [3.63, 3.8) is 0 Å². The molecule has 0 unspecified atom stereocenters. The molecule has 1 fully saturated rings. The van der Waals surface area contributed by atoms with Gasteiger partial charge in [-0.2, -0.15) is 0 Å². The Morgan fingerprint density at radius 3 is 2.48 bits per heavy atom. The Kier molecular flexibility index (Phi) is 8.09. The van der Waals surface area contributed by atoms with E-state index in [4.69, 9.17) is 9.47 Å². The van der Waals surface area contributed by atoms with E-state index in [-0.39, 0.29) is 17.0 Å². The SMILES string of the molecule is CC(=O)[C@@H](Cc1ccccc1)NC(=O)COC(=O)c1ccc(N2CCOCC2)c([N+](=O)[O-])c1. The lowest BCUT2D eigenvalue weighted by Gasteiger charge is -2.28. The molecule has 0 radical (unpaired) electrons. The molecule has 0 aliphatic carbocycles. The average Bonchev–Trinajstić information content (AvgIpc) is 2.82. The molecule has 0 aromatic heterocycles. The van der Waals surface area contributed by atoms with Gasteiger partial charge in [0.15, 0.2) is 12.4 Å². The van der Waals surface area contributed by atoms with Gasteiger partial charge in [-0.25, -0.2) is 4.79 Å². The number of ether oxygens (including phenoxy) is 2. The summed E-state index contributed by atoms with van der Waals surface area (Å²) in [4.78, 5) is 49.4. The van der Waals surface area contributed by atoms with Gasteiger partial charge in [-0.3, -0.25) is 19.7 Å². The first kappa shape index (κ1) is 23.9. The fraction of sp³-hybridized carbons (Fsp3) is 0.348. The third kappa shape index (κ3) is 6.59. The highest BCUT2D eigenvalue weighted by molar-refractivity contribution is 5.94. The van der Waals surface area contributed by atoms with Crippen LogP contribution in [0.25, 0.3) is 0 Å². The van der Waals surface area contributed by atoms with Crippen molar-refractivity contribution in [1.82, 2.24) is 5.32 Å². The van der Waals surface area contributed by atoms with Crippen molar-refractivity contribution >= 4 is 29.0 Å². The lowest BCUT2D eigenvalue weighted by molar-refractivity contribution is -0.384. The molecule has 1 aliphatic heterocycles. The number of rotatable bonds is 9. The monoisotopic (exact) mass is 455 g/mol. The number of carbonyl (C=O) groups excluding carboxylic acids is 3. The lowest BCUT2D eigenvalue weighted by atomic mass is 10.0. The van der Waals surface area contributed by atoms with E-state index >= 15 is 0 Å². The maximum absolute atomic E-state index is 12.4. The molecule has 10 heteroatoms. The van der Waals surface area contributed by atoms with E-state index in [2.05, 4.69) is 5.32 Å². The third-order valence-electron chi connectivity index (χ3n) is 5.20. The largest absolute Gasteiger partial charge is 0.452 e. The van der Waals surface area contributed by atoms with Crippen LogP contribution >= 0.6 is 0 Å². The van der Waals surface area contributed by atoms with Gasteiger partial charge in [-0.05, 0) is 31.0 Å². The summed E-state index contributed by atoms with van der Waals surface area (Å²) in [6.07, 6.45) is 0.311. The second-order valence-corrected chi connectivity index (χ2v) is 7.56. The van der Waals surface area contributed by atoms with E-state index in [1.807, 2.05) is 35.2 Å². The van der Waals surface area contributed by atoms with Crippen molar-refractivity contribution in [2.24, 2.45) is 0 Å². The molecule has 1 amide bonds. The molecule has 1 atom stereocenters. The van der Waals surface area contributed by atoms with Crippen molar-refractivity contribution in [3.8, 4) is 0 Å². The van der Waals surface area contributed by atoms with E-state index in [9.17, 15) is 24.5 Å². The van der Waals surface area contributed by atoms with Crippen molar-refractivity contribution in [2.75, 3.05) is 37.8 Å². The zero-order valence-electron chi connectivity index (χ0n) is 18.2. The summed E-state index contributed by atoms with van der Waals surface area (Å²) >= 11 is 0. The molecule has 1 aliphatic rings. The molecular formula is C23H25N3O7. The molecule has 10 nitrogen and oxygen atoms in total. The van der Waals surface area contributed by atoms with E-state index < -0.39 is 29.4 Å². The first-order valence-corrected chi connectivity index (χ1v) is 10.5. The number of nitrogens with one attached hydrogen (secondary N) is 1. The highest BCUT2D eigenvalue weighted by atomic mass is 16.6. The summed E-state index contributed by atoms with van der Waals surface area (Å²) in [5, 5.41) is 14.1. The second kappa shape index (κ2) is 11.2. The van der Waals surface area contributed by atoms with Crippen LogP contribution in [0.4, 0.5) is 11.4 Å². The molecule has 174 valence electrons. The quantitative estimate of drug-likeness (QED) is 0.345. The Labute approximate surface area is 190 Å². The number of nitrogens with zero attached hydrogens (tertiary/aromatic N) is 2. The fourth-order valence-electron chi connectivity index (χ4n) is 3.46. The van der Waals surface area contributed by atoms with Gasteiger partial charge in [-0.1, -0.05) is 30.3 Å². The van der Waals surface area contributed by atoms with Gasteiger partial charge in [-0.15, -0.1) is 0 Å². The Morgan fingerprint density at radius 1 is 1.15 bits per heavy atom. The number of benzene rings is 2. The topological polar surface area (TPSA) is 128 Å². The number of amides is 1. The van der Waals surface area contributed by atoms with Gasteiger partial charge in [0, 0.05) is 19.2 Å². The molecular weight excluding hydrogens is 430 g/mol. The molecule has 0 spiro atoms. The number of Topliss-reactive ketones (excluding diaryl/α,β-unsaturated/α-hetero) is 1. The maximum Gasteiger partial charge on any atom is 0.338 e. The number of ketones is 1. The van der Waals surface area contributed by atoms with Crippen LogP contribution in [-0.4, -0.2) is 61.5 Å². The molecule has 3 rings (SSSR count). The number of nitro benzene ring substituents is 1. The van der Waals surface area contributed by atoms with Gasteiger partial charge >= 0.3 is 5.97 Å². The average molecular weight is 455 g/mol. The number of morpholine rings is 1. The van der Waals surface area contributed by atoms with Crippen LogP contribution in [-0.2, 0) is 25.5 Å². The second-order valence-electron chi connectivity index (χ2n) is 7.56. The van der Waals surface area contributed by atoms with Gasteiger partial charge in [0.25, 0.3) is 11.6 Å².